The van der Waals surface area contributed by atoms with Gasteiger partial charge in [-0.3, -0.25) is 9.59 Å². The second-order valence-corrected chi connectivity index (χ2v) is 10.7. The first-order valence-electron chi connectivity index (χ1n) is 12.1. The van der Waals surface area contributed by atoms with Crippen molar-refractivity contribution < 1.29 is 9.59 Å². The van der Waals surface area contributed by atoms with Crippen molar-refractivity contribution in [2.75, 3.05) is 5.75 Å². The van der Waals surface area contributed by atoms with Gasteiger partial charge in [-0.1, -0.05) is 79.7 Å². The highest BCUT2D eigenvalue weighted by molar-refractivity contribution is 7.99. The van der Waals surface area contributed by atoms with Crippen LogP contribution < -0.4 is 5.32 Å². The summed E-state index contributed by atoms with van der Waals surface area (Å²) in [5, 5.41) is 4.20. The second kappa shape index (κ2) is 13.4. The lowest BCUT2D eigenvalue weighted by molar-refractivity contribution is -0.139. The van der Waals surface area contributed by atoms with Crippen LogP contribution in [-0.2, 0) is 21.9 Å². The predicted molar refractivity (Wildman–Crippen MR) is 143 cm³/mol. The molecule has 0 bridgehead atoms. The third-order valence-electron chi connectivity index (χ3n) is 6.47. The Labute approximate surface area is 217 Å². The van der Waals surface area contributed by atoms with Crippen LogP contribution in [0.3, 0.4) is 0 Å². The Morgan fingerprint density at radius 2 is 1.74 bits per heavy atom. The topological polar surface area (TPSA) is 49.4 Å². The maximum atomic E-state index is 13.5. The van der Waals surface area contributed by atoms with Gasteiger partial charge in [0, 0.05) is 33.9 Å². The normalized spacial score (nSPS) is 15.1. The number of benzene rings is 2. The molecule has 3 rings (SSSR count). The molecule has 2 aromatic carbocycles. The Bertz CT molecular complexity index is 959. The van der Waals surface area contributed by atoms with Gasteiger partial charge in [-0.25, -0.2) is 0 Å². The molecule has 0 saturated heterocycles. The fourth-order valence-corrected chi connectivity index (χ4v) is 5.92. The summed E-state index contributed by atoms with van der Waals surface area (Å²) in [7, 11) is 0. The van der Waals surface area contributed by atoms with E-state index in [1.54, 1.807) is 34.9 Å². The van der Waals surface area contributed by atoms with Crippen LogP contribution in [-0.4, -0.2) is 34.6 Å². The van der Waals surface area contributed by atoms with Crippen molar-refractivity contribution in [3.8, 4) is 0 Å². The molecular formula is C27H34Cl2N2O2S. The largest absolute Gasteiger partial charge is 0.352 e. The Kier molecular flexibility index (Phi) is 10.6. The van der Waals surface area contributed by atoms with Crippen molar-refractivity contribution in [1.29, 1.82) is 0 Å². The Morgan fingerprint density at radius 1 is 1.06 bits per heavy atom. The third-order valence-corrected chi connectivity index (χ3v) is 8.15. The lowest BCUT2D eigenvalue weighted by Crippen LogP contribution is -2.52. The molecule has 7 heteroatoms. The summed E-state index contributed by atoms with van der Waals surface area (Å²) in [6, 6.07) is 13.1. The number of hydrogen-bond donors (Lipinski definition) is 1. The zero-order valence-electron chi connectivity index (χ0n) is 20.0. The molecule has 0 heterocycles. The fourth-order valence-electron chi connectivity index (χ4n) is 4.42. The highest BCUT2D eigenvalue weighted by Gasteiger charge is 2.31. The lowest BCUT2D eigenvalue weighted by Gasteiger charge is -2.33. The van der Waals surface area contributed by atoms with Crippen LogP contribution in [0, 0.1) is 6.92 Å². The maximum absolute atomic E-state index is 13.5. The molecule has 184 valence electrons. The molecule has 0 spiro atoms. The van der Waals surface area contributed by atoms with Crippen LogP contribution in [0.2, 0.25) is 10.0 Å². The molecule has 0 aromatic heterocycles. The fraction of sp³-hybridized carbons (Fsp3) is 0.481. The number of aryl methyl sites for hydroxylation is 1. The van der Waals surface area contributed by atoms with Crippen molar-refractivity contribution in [3.05, 3.63) is 69.2 Å². The Hall–Kier alpha value is -1.69. The first-order valence-corrected chi connectivity index (χ1v) is 14.0. The second-order valence-electron chi connectivity index (χ2n) is 8.91. The van der Waals surface area contributed by atoms with Gasteiger partial charge in [0.15, 0.2) is 0 Å². The number of halogens is 2. The van der Waals surface area contributed by atoms with Gasteiger partial charge in [0.2, 0.25) is 11.8 Å². The van der Waals surface area contributed by atoms with Gasteiger partial charge in [-0.05, 0) is 49.4 Å². The summed E-state index contributed by atoms with van der Waals surface area (Å²) in [4.78, 5) is 28.5. The smallest absolute Gasteiger partial charge is 0.243 e. The first-order chi connectivity index (χ1) is 16.4. The Balaban J connectivity index is 1.76. The van der Waals surface area contributed by atoms with E-state index in [-0.39, 0.29) is 30.2 Å². The minimum Gasteiger partial charge on any atom is -0.352 e. The minimum atomic E-state index is -0.569. The SMILES string of the molecule is CCC(C(=O)NC1CCCCC1)N(Cc1c(Cl)cccc1Cl)C(=O)CSCc1ccccc1C. The van der Waals surface area contributed by atoms with E-state index in [4.69, 9.17) is 23.2 Å². The molecular weight excluding hydrogens is 487 g/mol. The van der Waals surface area contributed by atoms with Gasteiger partial charge >= 0.3 is 0 Å². The van der Waals surface area contributed by atoms with Crippen LogP contribution in [0.5, 0.6) is 0 Å². The number of carbonyl (C=O) groups is 2. The van der Waals surface area contributed by atoms with Crippen molar-refractivity contribution in [2.24, 2.45) is 0 Å². The van der Waals surface area contributed by atoms with E-state index in [9.17, 15) is 9.59 Å². The van der Waals surface area contributed by atoms with Crippen LogP contribution in [0.1, 0.15) is 62.1 Å². The minimum absolute atomic E-state index is 0.0831. The highest BCUT2D eigenvalue weighted by Crippen LogP contribution is 2.28. The molecule has 2 amide bonds. The van der Waals surface area contributed by atoms with E-state index < -0.39 is 6.04 Å². The molecule has 1 aliphatic carbocycles. The summed E-state index contributed by atoms with van der Waals surface area (Å²) >= 11 is 14.4. The quantitative estimate of drug-likeness (QED) is 0.375. The predicted octanol–water partition coefficient (Wildman–Crippen LogP) is 6.79. The van der Waals surface area contributed by atoms with E-state index in [2.05, 4.69) is 24.4 Å². The molecule has 0 aliphatic heterocycles. The lowest BCUT2D eigenvalue weighted by atomic mass is 9.95. The first kappa shape index (κ1) is 26.9. The average Bonchev–Trinajstić information content (AvgIpc) is 2.82. The summed E-state index contributed by atoms with van der Waals surface area (Å²) in [6.07, 6.45) is 6.01. The molecule has 1 atom stereocenters. The number of carbonyl (C=O) groups excluding carboxylic acids is 2. The number of nitrogens with zero attached hydrogens (tertiary/aromatic N) is 1. The maximum Gasteiger partial charge on any atom is 0.243 e. The average molecular weight is 522 g/mol. The standard InChI is InChI=1S/C27H34Cl2N2O2S/c1-3-25(27(33)30-21-12-5-4-6-13-21)31(16-22-23(28)14-9-15-24(22)29)26(32)18-34-17-20-11-8-7-10-19(20)2/h7-11,14-15,21,25H,3-6,12-13,16-18H2,1-2H3,(H,30,33). The molecule has 1 saturated carbocycles. The molecule has 1 N–H and O–H groups in total. The highest BCUT2D eigenvalue weighted by atomic mass is 35.5. The van der Waals surface area contributed by atoms with Crippen LogP contribution in [0.4, 0.5) is 0 Å². The van der Waals surface area contributed by atoms with Crippen molar-refractivity contribution in [1.82, 2.24) is 10.2 Å². The summed E-state index contributed by atoms with van der Waals surface area (Å²) in [6.45, 7) is 4.23. The van der Waals surface area contributed by atoms with E-state index in [0.717, 1.165) is 31.4 Å². The number of amides is 2. The third kappa shape index (κ3) is 7.40. The van der Waals surface area contributed by atoms with Crippen LogP contribution in [0.15, 0.2) is 42.5 Å². The van der Waals surface area contributed by atoms with E-state index in [0.29, 0.717) is 22.0 Å². The van der Waals surface area contributed by atoms with Gasteiger partial charge in [0.05, 0.1) is 5.75 Å². The molecule has 4 nitrogen and oxygen atoms in total. The number of thioether (sulfide) groups is 1. The molecule has 1 aliphatic rings. The van der Waals surface area contributed by atoms with Crippen molar-refractivity contribution in [3.63, 3.8) is 0 Å². The van der Waals surface area contributed by atoms with Gasteiger partial charge < -0.3 is 10.2 Å². The van der Waals surface area contributed by atoms with E-state index in [1.807, 2.05) is 19.1 Å². The monoisotopic (exact) mass is 520 g/mol. The molecule has 1 fully saturated rings. The molecule has 2 aromatic rings. The molecule has 1 unspecified atom stereocenters. The zero-order valence-corrected chi connectivity index (χ0v) is 22.3. The van der Waals surface area contributed by atoms with Crippen molar-refractivity contribution in [2.45, 2.75) is 76.8 Å². The summed E-state index contributed by atoms with van der Waals surface area (Å²) in [5.74, 6) is 0.850. The number of nitrogens with one attached hydrogen (secondary N) is 1. The van der Waals surface area contributed by atoms with Crippen molar-refractivity contribution >= 4 is 46.8 Å². The van der Waals surface area contributed by atoms with Crippen LogP contribution in [0.25, 0.3) is 0 Å². The molecule has 0 radical (unpaired) electrons. The van der Waals surface area contributed by atoms with Crippen LogP contribution >= 0.6 is 35.0 Å². The van der Waals surface area contributed by atoms with Gasteiger partial charge in [-0.15, -0.1) is 11.8 Å². The van der Waals surface area contributed by atoms with Gasteiger partial charge in [0.1, 0.15) is 6.04 Å². The summed E-state index contributed by atoms with van der Waals surface area (Å²) in [5.41, 5.74) is 3.09. The number of hydrogen-bond acceptors (Lipinski definition) is 3. The number of rotatable bonds is 10. The van der Waals surface area contributed by atoms with Gasteiger partial charge in [-0.2, -0.15) is 0 Å². The molecule has 34 heavy (non-hydrogen) atoms. The Morgan fingerprint density at radius 3 is 2.38 bits per heavy atom. The van der Waals surface area contributed by atoms with Gasteiger partial charge in [0.25, 0.3) is 0 Å². The van der Waals surface area contributed by atoms with E-state index >= 15 is 0 Å². The summed E-state index contributed by atoms with van der Waals surface area (Å²) < 4.78 is 0. The van der Waals surface area contributed by atoms with E-state index in [1.165, 1.54) is 17.5 Å². The zero-order chi connectivity index (χ0) is 24.5.